The Morgan fingerprint density at radius 2 is 2.29 bits per heavy atom. The summed E-state index contributed by atoms with van der Waals surface area (Å²) in [5, 5.41) is 11.8. The summed E-state index contributed by atoms with van der Waals surface area (Å²) in [4.78, 5) is 11.3. The first-order valence-corrected chi connectivity index (χ1v) is 4.82. The zero-order valence-corrected chi connectivity index (χ0v) is 8.82. The predicted octanol–water partition coefficient (Wildman–Crippen LogP) is -0.763. The molecule has 4 N–H and O–H groups in total. The van der Waals surface area contributed by atoms with Gasteiger partial charge in [-0.2, -0.15) is 0 Å². The standard InChI is InChI=1S/C9H20N2O3/c1-3-7(12)6-11-9(13)8(10)4-5-14-2/h7-8,12H,3-6,10H2,1-2H3,(H,11,13). The second-order valence-corrected chi connectivity index (χ2v) is 3.20. The van der Waals surface area contributed by atoms with Gasteiger partial charge in [0.25, 0.3) is 0 Å². The number of carbonyl (C=O) groups excluding carboxylic acids is 1. The Kier molecular flexibility index (Phi) is 7.37. The maximum absolute atomic E-state index is 11.3. The summed E-state index contributed by atoms with van der Waals surface area (Å²) >= 11 is 0. The molecule has 2 unspecified atom stereocenters. The van der Waals surface area contributed by atoms with E-state index in [0.29, 0.717) is 19.4 Å². The van der Waals surface area contributed by atoms with Crippen LogP contribution >= 0.6 is 0 Å². The van der Waals surface area contributed by atoms with Crippen LogP contribution in [0.5, 0.6) is 0 Å². The molecule has 0 aliphatic carbocycles. The van der Waals surface area contributed by atoms with Gasteiger partial charge in [0.15, 0.2) is 0 Å². The van der Waals surface area contributed by atoms with E-state index in [0.717, 1.165) is 0 Å². The molecule has 0 bridgehead atoms. The third-order valence-electron chi connectivity index (χ3n) is 1.95. The van der Waals surface area contributed by atoms with E-state index in [-0.39, 0.29) is 12.5 Å². The van der Waals surface area contributed by atoms with Gasteiger partial charge in [-0.25, -0.2) is 0 Å². The zero-order valence-electron chi connectivity index (χ0n) is 8.82. The van der Waals surface area contributed by atoms with Gasteiger partial charge in [-0.1, -0.05) is 6.92 Å². The fraction of sp³-hybridized carbons (Fsp3) is 0.889. The van der Waals surface area contributed by atoms with Crippen LogP contribution in [0.15, 0.2) is 0 Å². The average molecular weight is 204 g/mol. The molecule has 0 aromatic rings. The van der Waals surface area contributed by atoms with E-state index < -0.39 is 12.1 Å². The predicted molar refractivity (Wildman–Crippen MR) is 53.8 cm³/mol. The number of rotatable bonds is 7. The molecular formula is C9H20N2O3. The van der Waals surface area contributed by atoms with E-state index in [1.54, 1.807) is 7.11 Å². The van der Waals surface area contributed by atoms with Gasteiger partial charge in [0.2, 0.25) is 5.91 Å². The Morgan fingerprint density at radius 1 is 1.64 bits per heavy atom. The Labute approximate surface area is 84.6 Å². The summed E-state index contributed by atoms with van der Waals surface area (Å²) in [6, 6.07) is -0.556. The summed E-state index contributed by atoms with van der Waals surface area (Å²) < 4.78 is 4.80. The number of amides is 1. The molecule has 0 aromatic heterocycles. The summed E-state index contributed by atoms with van der Waals surface area (Å²) in [5.74, 6) is -0.241. The van der Waals surface area contributed by atoms with Gasteiger partial charge in [-0.15, -0.1) is 0 Å². The first-order valence-electron chi connectivity index (χ1n) is 4.82. The molecule has 0 aliphatic rings. The summed E-state index contributed by atoms with van der Waals surface area (Å²) in [7, 11) is 1.56. The van der Waals surface area contributed by atoms with Crippen LogP contribution in [0.25, 0.3) is 0 Å². The minimum Gasteiger partial charge on any atom is -0.391 e. The number of aliphatic hydroxyl groups excluding tert-OH is 1. The molecule has 5 heteroatoms. The number of nitrogens with one attached hydrogen (secondary N) is 1. The van der Waals surface area contributed by atoms with Crippen LogP contribution in [-0.4, -0.2) is 43.4 Å². The van der Waals surface area contributed by atoms with Crippen molar-refractivity contribution in [3.63, 3.8) is 0 Å². The Hall–Kier alpha value is -0.650. The van der Waals surface area contributed by atoms with E-state index in [2.05, 4.69) is 5.32 Å². The first-order chi connectivity index (χ1) is 6.61. The van der Waals surface area contributed by atoms with E-state index in [4.69, 9.17) is 10.5 Å². The number of hydrogen-bond acceptors (Lipinski definition) is 4. The maximum Gasteiger partial charge on any atom is 0.237 e. The van der Waals surface area contributed by atoms with Crippen LogP contribution in [0.3, 0.4) is 0 Å². The van der Waals surface area contributed by atoms with Crippen molar-refractivity contribution < 1.29 is 14.6 Å². The SMILES string of the molecule is CCC(O)CNC(=O)C(N)CCOC. The van der Waals surface area contributed by atoms with Gasteiger partial charge in [0.1, 0.15) is 0 Å². The molecule has 0 radical (unpaired) electrons. The van der Waals surface area contributed by atoms with Gasteiger partial charge in [-0.3, -0.25) is 4.79 Å². The van der Waals surface area contributed by atoms with E-state index in [1.807, 2.05) is 6.92 Å². The van der Waals surface area contributed by atoms with Gasteiger partial charge in [0, 0.05) is 20.3 Å². The number of carbonyl (C=O) groups is 1. The number of nitrogens with two attached hydrogens (primary N) is 1. The molecule has 0 saturated heterocycles. The average Bonchev–Trinajstić information content (AvgIpc) is 2.21. The van der Waals surface area contributed by atoms with E-state index in [9.17, 15) is 9.90 Å². The van der Waals surface area contributed by atoms with E-state index in [1.165, 1.54) is 0 Å². The van der Waals surface area contributed by atoms with Crippen molar-refractivity contribution in [2.24, 2.45) is 5.73 Å². The lowest BCUT2D eigenvalue weighted by molar-refractivity contribution is -0.123. The molecule has 14 heavy (non-hydrogen) atoms. The first kappa shape index (κ1) is 13.4. The minimum absolute atomic E-state index is 0.241. The molecule has 0 rings (SSSR count). The molecule has 84 valence electrons. The molecular weight excluding hydrogens is 184 g/mol. The smallest absolute Gasteiger partial charge is 0.237 e. The minimum atomic E-state index is -0.556. The molecule has 0 aromatic carbocycles. The quantitative estimate of drug-likeness (QED) is 0.509. The molecule has 2 atom stereocenters. The van der Waals surface area contributed by atoms with Crippen molar-refractivity contribution in [1.82, 2.24) is 5.32 Å². The van der Waals surface area contributed by atoms with Crippen molar-refractivity contribution in [3.8, 4) is 0 Å². The van der Waals surface area contributed by atoms with Gasteiger partial charge < -0.3 is 20.9 Å². The molecule has 0 aliphatic heterocycles. The van der Waals surface area contributed by atoms with Crippen LogP contribution in [0.4, 0.5) is 0 Å². The van der Waals surface area contributed by atoms with Gasteiger partial charge in [-0.05, 0) is 12.8 Å². The van der Waals surface area contributed by atoms with Crippen LogP contribution in [-0.2, 0) is 9.53 Å². The highest BCUT2D eigenvalue weighted by atomic mass is 16.5. The van der Waals surface area contributed by atoms with Gasteiger partial charge >= 0.3 is 0 Å². The van der Waals surface area contributed by atoms with Crippen molar-refractivity contribution in [2.45, 2.75) is 31.9 Å². The zero-order chi connectivity index (χ0) is 11.0. The van der Waals surface area contributed by atoms with Crippen molar-refractivity contribution in [3.05, 3.63) is 0 Å². The van der Waals surface area contributed by atoms with Crippen LogP contribution in [0.1, 0.15) is 19.8 Å². The monoisotopic (exact) mass is 204 g/mol. The van der Waals surface area contributed by atoms with Crippen LogP contribution < -0.4 is 11.1 Å². The highest BCUT2D eigenvalue weighted by Gasteiger charge is 2.13. The summed E-state index contributed by atoms with van der Waals surface area (Å²) in [6.07, 6.45) is 0.617. The van der Waals surface area contributed by atoms with Crippen molar-refractivity contribution in [1.29, 1.82) is 0 Å². The lowest BCUT2D eigenvalue weighted by Gasteiger charge is -2.13. The third-order valence-corrected chi connectivity index (χ3v) is 1.95. The van der Waals surface area contributed by atoms with Gasteiger partial charge in [0.05, 0.1) is 12.1 Å². The summed E-state index contributed by atoms with van der Waals surface area (Å²) in [6.45, 7) is 2.57. The fourth-order valence-electron chi connectivity index (χ4n) is 0.870. The lowest BCUT2D eigenvalue weighted by atomic mass is 10.2. The highest BCUT2D eigenvalue weighted by molar-refractivity contribution is 5.81. The number of methoxy groups -OCH3 is 1. The Balaban J connectivity index is 3.61. The second kappa shape index (κ2) is 7.73. The topological polar surface area (TPSA) is 84.6 Å². The molecule has 1 amide bonds. The third kappa shape index (κ3) is 5.90. The van der Waals surface area contributed by atoms with Crippen molar-refractivity contribution in [2.75, 3.05) is 20.3 Å². The Morgan fingerprint density at radius 3 is 2.79 bits per heavy atom. The highest BCUT2D eigenvalue weighted by Crippen LogP contribution is 1.91. The van der Waals surface area contributed by atoms with Crippen LogP contribution in [0.2, 0.25) is 0 Å². The molecule has 5 nitrogen and oxygen atoms in total. The lowest BCUT2D eigenvalue weighted by Crippen LogP contribution is -2.43. The molecule has 0 fully saturated rings. The number of hydrogen-bond donors (Lipinski definition) is 3. The maximum atomic E-state index is 11.3. The van der Waals surface area contributed by atoms with Crippen molar-refractivity contribution >= 4 is 5.91 Å². The largest absolute Gasteiger partial charge is 0.391 e. The molecule has 0 heterocycles. The number of ether oxygens (including phenoxy) is 1. The fourth-order valence-corrected chi connectivity index (χ4v) is 0.870. The molecule has 0 spiro atoms. The van der Waals surface area contributed by atoms with Crippen LogP contribution in [0, 0.1) is 0 Å². The summed E-state index contributed by atoms with van der Waals surface area (Å²) in [5.41, 5.74) is 5.56. The Bertz CT molecular complexity index is 164. The number of aliphatic hydroxyl groups is 1. The second-order valence-electron chi connectivity index (χ2n) is 3.20. The molecule has 0 saturated carbocycles. The normalized spacial score (nSPS) is 14.9. The van der Waals surface area contributed by atoms with E-state index >= 15 is 0 Å².